The predicted octanol–water partition coefficient (Wildman–Crippen LogP) is 3.66. The quantitative estimate of drug-likeness (QED) is 0.722. The van der Waals surface area contributed by atoms with Crippen LogP contribution in [0.2, 0.25) is 0 Å². The maximum atomic E-state index is 5.16. The van der Waals surface area contributed by atoms with Gasteiger partial charge in [0, 0.05) is 5.56 Å². The van der Waals surface area contributed by atoms with Gasteiger partial charge in [-0.15, -0.1) is 12.6 Å². The van der Waals surface area contributed by atoms with Gasteiger partial charge in [-0.25, -0.2) is 4.98 Å². The molecule has 0 aliphatic rings. The molecule has 0 unspecified atom stereocenters. The van der Waals surface area contributed by atoms with Crippen LogP contribution in [0.4, 0.5) is 0 Å². The molecule has 1 aromatic heterocycles. The van der Waals surface area contributed by atoms with Crippen molar-refractivity contribution in [3.63, 3.8) is 0 Å². The number of rotatable bonds is 1. The molecule has 2 aromatic rings. The summed E-state index contributed by atoms with van der Waals surface area (Å²) in [5, 5.41) is 0.605. The highest BCUT2D eigenvalue weighted by molar-refractivity contribution is 7.80. The van der Waals surface area contributed by atoms with Crippen LogP contribution in [0.15, 0.2) is 46.0 Å². The molecule has 1 aromatic carbocycles. The Morgan fingerprint density at radius 1 is 1.14 bits per heavy atom. The van der Waals surface area contributed by atoms with Crippen LogP contribution in [0.25, 0.3) is 11.5 Å². The van der Waals surface area contributed by atoms with Crippen molar-refractivity contribution >= 4 is 12.6 Å². The second-order valence-corrected chi connectivity index (χ2v) is 2.84. The summed E-state index contributed by atoms with van der Waals surface area (Å²) in [7, 11) is 0. The third kappa shape index (κ3) is 2.64. The van der Waals surface area contributed by atoms with Crippen molar-refractivity contribution in [2.24, 2.45) is 0 Å². The van der Waals surface area contributed by atoms with Gasteiger partial charge >= 0.3 is 0 Å². The molecule has 0 saturated carbocycles. The predicted molar refractivity (Wildman–Crippen MR) is 60.5 cm³/mol. The lowest BCUT2D eigenvalue weighted by molar-refractivity contribution is 0.571. The summed E-state index contributed by atoms with van der Waals surface area (Å²) in [5.74, 6) is 0.612. The zero-order chi connectivity index (χ0) is 10.4. The van der Waals surface area contributed by atoms with E-state index in [0.717, 1.165) is 5.56 Å². The van der Waals surface area contributed by atoms with Crippen molar-refractivity contribution < 1.29 is 4.42 Å². The van der Waals surface area contributed by atoms with Gasteiger partial charge in [0.25, 0.3) is 0 Å². The molecule has 0 N–H and O–H groups in total. The maximum Gasteiger partial charge on any atom is 0.227 e. The van der Waals surface area contributed by atoms with Crippen LogP contribution in [0, 0.1) is 0 Å². The molecule has 0 radical (unpaired) electrons. The van der Waals surface area contributed by atoms with E-state index in [2.05, 4.69) is 17.6 Å². The van der Waals surface area contributed by atoms with Gasteiger partial charge in [-0.1, -0.05) is 32.0 Å². The van der Waals surface area contributed by atoms with Gasteiger partial charge in [-0.3, -0.25) is 0 Å². The lowest BCUT2D eigenvalue weighted by Crippen LogP contribution is -1.74. The number of oxazole rings is 1. The molecule has 3 heteroatoms. The first-order valence-electron chi connectivity index (χ1n) is 4.56. The van der Waals surface area contributed by atoms with Crippen LogP contribution in [0.1, 0.15) is 13.8 Å². The molecule has 2 rings (SSSR count). The zero-order valence-electron chi connectivity index (χ0n) is 8.27. The number of thiol groups is 1. The van der Waals surface area contributed by atoms with Gasteiger partial charge in [-0.05, 0) is 12.1 Å². The van der Waals surface area contributed by atoms with Gasteiger partial charge in [0.1, 0.15) is 11.3 Å². The molecular formula is C11H13NOS. The van der Waals surface area contributed by atoms with E-state index in [0.29, 0.717) is 10.9 Å². The van der Waals surface area contributed by atoms with E-state index in [1.165, 1.54) is 6.26 Å². The summed E-state index contributed by atoms with van der Waals surface area (Å²) in [6, 6.07) is 9.72. The Labute approximate surface area is 89.4 Å². The van der Waals surface area contributed by atoms with E-state index in [1.54, 1.807) is 0 Å². The maximum absolute atomic E-state index is 5.16. The normalized spacial score (nSPS) is 9.07. The van der Waals surface area contributed by atoms with Crippen LogP contribution in [-0.4, -0.2) is 4.98 Å². The number of benzene rings is 1. The zero-order valence-corrected chi connectivity index (χ0v) is 9.16. The minimum absolute atomic E-state index is 0.605. The Morgan fingerprint density at radius 3 is 2.29 bits per heavy atom. The van der Waals surface area contributed by atoms with Gasteiger partial charge in [0.15, 0.2) is 0 Å². The SMILES string of the molecule is CC.Sc1coc(-c2ccccc2)n1. The summed E-state index contributed by atoms with van der Waals surface area (Å²) in [4.78, 5) is 4.08. The van der Waals surface area contributed by atoms with Crippen LogP contribution in [0.3, 0.4) is 0 Å². The summed E-state index contributed by atoms with van der Waals surface area (Å²) in [5.41, 5.74) is 0.970. The van der Waals surface area contributed by atoms with E-state index in [-0.39, 0.29) is 0 Å². The Hall–Kier alpha value is -1.22. The minimum Gasteiger partial charge on any atom is -0.443 e. The second kappa shape index (κ2) is 5.50. The van der Waals surface area contributed by atoms with Crippen molar-refractivity contribution in [2.75, 3.05) is 0 Å². The lowest BCUT2D eigenvalue weighted by atomic mass is 10.2. The molecule has 0 saturated heterocycles. The van der Waals surface area contributed by atoms with Gasteiger partial charge in [0.05, 0.1) is 0 Å². The van der Waals surface area contributed by atoms with Gasteiger partial charge < -0.3 is 4.42 Å². The fourth-order valence-corrected chi connectivity index (χ4v) is 1.12. The summed E-state index contributed by atoms with van der Waals surface area (Å²) in [6.07, 6.45) is 1.52. The average molecular weight is 207 g/mol. The molecule has 1 heterocycles. The minimum atomic E-state index is 0.605. The van der Waals surface area contributed by atoms with Crippen molar-refractivity contribution in [2.45, 2.75) is 18.9 Å². The molecule has 0 aliphatic heterocycles. The first kappa shape index (κ1) is 10.9. The monoisotopic (exact) mass is 207 g/mol. The highest BCUT2D eigenvalue weighted by Gasteiger charge is 2.01. The molecule has 2 nitrogen and oxygen atoms in total. The third-order valence-corrected chi connectivity index (χ3v) is 1.72. The largest absolute Gasteiger partial charge is 0.443 e. The molecule has 0 atom stereocenters. The van der Waals surface area contributed by atoms with Crippen LogP contribution >= 0.6 is 12.6 Å². The number of nitrogens with zero attached hydrogens (tertiary/aromatic N) is 1. The molecule has 74 valence electrons. The highest BCUT2D eigenvalue weighted by atomic mass is 32.1. The summed E-state index contributed by atoms with van der Waals surface area (Å²) >= 11 is 4.05. The molecule has 0 bridgehead atoms. The van der Waals surface area contributed by atoms with Crippen LogP contribution < -0.4 is 0 Å². The Kier molecular flexibility index (Phi) is 4.26. The Balaban J connectivity index is 0.000000461. The van der Waals surface area contributed by atoms with E-state index in [9.17, 15) is 0 Å². The standard InChI is InChI=1S/C9H7NOS.C2H6/c12-8-6-11-9(10-8)7-4-2-1-3-5-7;1-2/h1-6,12H;1-2H3. The molecule has 14 heavy (non-hydrogen) atoms. The van der Waals surface area contributed by atoms with Gasteiger partial charge in [-0.2, -0.15) is 0 Å². The molecule has 0 aliphatic carbocycles. The van der Waals surface area contributed by atoms with E-state index >= 15 is 0 Å². The van der Waals surface area contributed by atoms with Crippen molar-refractivity contribution in [3.05, 3.63) is 36.6 Å². The Bertz CT molecular complexity index is 370. The Morgan fingerprint density at radius 2 is 1.79 bits per heavy atom. The smallest absolute Gasteiger partial charge is 0.227 e. The second-order valence-electron chi connectivity index (χ2n) is 2.38. The molecule has 0 amide bonds. The van der Waals surface area contributed by atoms with Crippen molar-refractivity contribution in [1.82, 2.24) is 4.98 Å². The fraction of sp³-hybridized carbons (Fsp3) is 0.182. The van der Waals surface area contributed by atoms with Gasteiger partial charge in [0.2, 0.25) is 5.89 Å². The van der Waals surface area contributed by atoms with E-state index in [4.69, 9.17) is 4.42 Å². The van der Waals surface area contributed by atoms with Crippen LogP contribution in [0.5, 0.6) is 0 Å². The first-order valence-corrected chi connectivity index (χ1v) is 5.01. The number of hydrogen-bond donors (Lipinski definition) is 1. The summed E-state index contributed by atoms with van der Waals surface area (Å²) < 4.78 is 5.16. The van der Waals surface area contributed by atoms with Crippen LogP contribution in [-0.2, 0) is 0 Å². The average Bonchev–Trinajstić information content (AvgIpc) is 2.69. The molecular weight excluding hydrogens is 194 g/mol. The van der Waals surface area contributed by atoms with E-state index in [1.807, 2.05) is 44.2 Å². The van der Waals surface area contributed by atoms with Crippen molar-refractivity contribution in [3.8, 4) is 11.5 Å². The molecule has 0 spiro atoms. The fourth-order valence-electron chi connectivity index (χ4n) is 0.979. The number of hydrogen-bond acceptors (Lipinski definition) is 3. The summed E-state index contributed by atoms with van der Waals surface area (Å²) in [6.45, 7) is 4.00. The molecule has 0 fully saturated rings. The highest BCUT2D eigenvalue weighted by Crippen LogP contribution is 2.18. The topological polar surface area (TPSA) is 26.0 Å². The number of aromatic nitrogens is 1. The lowest BCUT2D eigenvalue weighted by Gasteiger charge is -1.91. The first-order chi connectivity index (χ1) is 6.86. The van der Waals surface area contributed by atoms with E-state index < -0.39 is 0 Å². The third-order valence-electron chi connectivity index (χ3n) is 1.51. The van der Waals surface area contributed by atoms with Crippen molar-refractivity contribution in [1.29, 1.82) is 0 Å².